The summed E-state index contributed by atoms with van der Waals surface area (Å²) in [6, 6.07) is 4.83. The van der Waals surface area contributed by atoms with Gasteiger partial charge in [-0.25, -0.2) is 4.39 Å². The standard InChI is InChI=1S/C15H24FNO2/c1-5-17-12(3)14-7-6-13(16)10-15(14)19-11(2)8-9-18-4/h6-7,10-12,17H,5,8-9H2,1-4H3. The lowest BCUT2D eigenvalue weighted by atomic mass is 10.1. The van der Waals surface area contributed by atoms with Crippen LogP contribution < -0.4 is 10.1 Å². The van der Waals surface area contributed by atoms with Gasteiger partial charge in [0.2, 0.25) is 0 Å². The van der Waals surface area contributed by atoms with E-state index >= 15 is 0 Å². The molecule has 0 spiro atoms. The monoisotopic (exact) mass is 269 g/mol. The molecule has 0 radical (unpaired) electrons. The highest BCUT2D eigenvalue weighted by Crippen LogP contribution is 2.27. The van der Waals surface area contributed by atoms with Crippen molar-refractivity contribution in [3.8, 4) is 5.75 Å². The van der Waals surface area contributed by atoms with Crippen molar-refractivity contribution in [2.24, 2.45) is 0 Å². The molecule has 2 atom stereocenters. The Hall–Kier alpha value is -1.13. The van der Waals surface area contributed by atoms with Crippen molar-refractivity contribution in [1.82, 2.24) is 5.32 Å². The lowest BCUT2D eigenvalue weighted by Crippen LogP contribution is -2.21. The fourth-order valence-corrected chi connectivity index (χ4v) is 1.94. The zero-order valence-corrected chi connectivity index (χ0v) is 12.2. The van der Waals surface area contributed by atoms with Crippen LogP contribution in [0.5, 0.6) is 5.75 Å². The van der Waals surface area contributed by atoms with E-state index < -0.39 is 0 Å². The smallest absolute Gasteiger partial charge is 0.127 e. The third-order valence-corrected chi connectivity index (χ3v) is 3.01. The molecule has 0 saturated carbocycles. The Kier molecular flexibility index (Phi) is 6.81. The van der Waals surface area contributed by atoms with Crippen LogP contribution in [-0.2, 0) is 4.74 Å². The van der Waals surface area contributed by atoms with Crippen LogP contribution >= 0.6 is 0 Å². The average molecular weight is 269 g/mol. The number of benzene rings is 1. The van der Waals surface area contributed by atoms with E-state index in [-0.39, 0.29) is 18.0 Å². The maximum atomic E-state index is 13.4. The molecule has 0 aliphatic rings. The first-order chi connectivity index (χ1) is 9.08. The summed E-state index contributed by atoms with van der Waals surface area (Å²) in [6.45, 7) is 7.54. The van der Waals surface area contributed by atoms with E-state index in [1.807, 2.05) is 20.8 Å². The Labute approximate surface area is 115 Å². The Bertz CT molecular complexity index is 384. The van der Waals surface area contributed by atoms with Crippen molar-refractivity contribution in [2.45, 2.75) is 39.3 Å². The molecular weight excluding hydrogens is 245 g/mol. The zero-order chi connectivity index (χ0) is 14.3. The summed E-state index contributed by atoms with van der Waals surface area (Å²) < 4.78 is 24.2. The second-order valence-corrected chi connectivity index (χ2v) is 4.67. The highest BCUT2D eigenvalue weighted by Gasteiger charge is 2.14. The van der Waals surface area contributed by atoms with Crippen LogP contribution in [0, 0.1) is 5.82 Å². The third-order valence-electron chi connectivity index (χ3n) is 3.01. The SMILES string of the molecule is CCNC(C)c1ccc(F)cc1OC(C)CCOC. The second-order valence-electron chi connectivity index (χ2n) is 4.67. The van der Waals surface area contributed by atoms with Crippen LogP contribution in [0.2, 0.25) is 0 Å². The summed E-state index contributed by atoms with van der Waals surface area (Å²) in [7, 11) is 1.66. The molecule has 0 bridgehead atoms. The molecule has 3 nitrogen and oxygen atoms in total. The molecule has 108 valence electrons. The van der Waals surface area contributed by atoms with E-state index in [0.717, 1.165) is 18.5 Å². The minimum Gasteiger partial charge on any atom is -0.490 e. The first-order valence-corrected chi connectivity index (χ1v) is 6.76. The summed E-state index contributed by atoms with van der Waals surface area (Å²) in [6.07, 6.45) is 0.775. The van der Waals surface area contributed by atoms with Gasteiger partial charge in [0.15, 0.2) is 0 Å². The van der Waals surface area contributed by atoms with Gasteiger partial charge in [-0.1, -0.05) is 13.0 Å². The van der Waals surface area contributed by atoms with Crippen molar-refractivity contribution in [1.29, 1.82) is 0 Å². The van der Waals surface area contributed by atoms with E-state index in [1.54, 1.807) is 13.2 Å². The number of rotatable bonds is 8. The molecule has 0 saturated heterocycles. The van der Waals surface area contributed by atoms with Crippen molar-refractivity contribution < 1.29 is 13.9 Å². The number of methoxy groups -OCH3 is 1. The molecule has 0 aromatic heterocycles. The van der Waals surface area contributed by atoms with Crippen LogP contribution in [0.1, 0.15) is 38.8 Å². The van der Waals surface area contributed by atoms with E-state index in [1.165, 1.54) is 12.1 Å². The molecule has 0 aliphatic heterocycles. The molecule has 4 heteroatoms. The second kappa shape index (κ2) is 8.12. The summed E-state index contributed by atoms with van der Waals surface area (Å²) in [5, 5.41) is 3.31. The number of nitrogens with one attached hydrogen (secondary N) is 1. The normalized spacial score (nSPS) is 14.2. The van der Waals surface area contributed by atoms with E-state index in [2.05, 4.69) is 5.32 Å². The Morgan fingerprint density at radius 2 is 2.05 bits per heavy atom. The van der Waals surface area contributed by atoms with Gasteiger partial charge in [0.1, 0.15) is 11.6 Å². The van der Waals surface area contributed by atoms with Gasteiger partial charge in [-0.3, -0.25) is 0 Å². The average Bonchev–Trinajstić information content (AvgIpc) is 2.36. The van der Waals surface area contributed by atoms with Crippen molar-refractivity contribution in [3.05, 3.63) is 29.6 Å². The predicted molar refractivity (Wildman–Crippen MR) is 75.1 cm³/mol. The lowest BCUT2D eigenvalue weighted by molar-refractivity contribution is 0.134. The van der Waals surface area contributed by atoms with Gasteiger partial charge in [-0.2, -0.15) is 0 Å². The lowest BCUT2D eigenvalue weighted by Gasteiger charge is -2.21. The van der Waals surface area contributed by atoms with Crippen LogP contribution in [0.25, 0.3) is 0 Å². The molecule has 1 aromatic rings. The van der Waals surface area contributed by atoms with Gasteiger partial charge >= 0.3 is 0 Å². The molecule has 0 aliphatic carbocycles. The number of hydrogen-bond donors (Lipinski definition) is 1. The van der Waals surface area contributed by atoms with Crippen LogP contribution in [0.3, 0.4) is 0 Å². The molecule has 0 fully saturated rings. The Balaban J connectivity index is 2.81. The summed E-state index contributed by atoms with van der Waals surface area (Å²) in [5.74, 6) is 0.332. The molecule has 0 amide bonds. The Morgan fingerprint density at radius 3 is 2.68 bits per heavy atom. The Morgan fingerprint density at radius 1 is 1.32 bits per heavy atom. The largest absolute Gasteiger partial charge is 0.490 e. The molecule has 19 heavy (non-hydrogen) atoms. The van der Waals surface area contributed by atoms with Crippen LogP contribution in [0.15, 0.2) is 18.2 Å². The fourth-order valence-electron chi connectivity index (χ4n) is 1.94. The summed E-state index contributed by atoms with van der Waals surface area (Å²) in [5.41, 5.74) is 0.979. The van der Waals surface area contributed by atoms with E-state index in [4.69, 9.17) is 9.47 Å². The molecule has 1 rings (SSSR count). The number of hydrogen-bond acceptors (Lipinski definition) is 3. The molecule has 2 unspecified atom stereocenters. The maximum absolute atomic E-state index is 13.4. The van der Waals surface area contributed by atoms with Crippen LogP contribution in [-0.4, -0.2) is 26.4 Å². The van der Waals surface area contributed by atoms with E-state index in [9.17, 15) is 4.39 Å². The van der Waals surface area contributed by atoms with Gasteiger partial charge in [0, 0.05) is 37.8 Å². The molecule has 1 aromatic carbocycles. The highest BCUT2D eigenvalue weighted by atomic mass is 19.1. The predicted octanol–water partition coefficient (Wildman–Crippen LogP) is 3.30. The van der Waals surface area contributed by atoms with Gasteiger partial charge < -0.3 is 14.8 Å². The molecule has 0 heterocycles. The van der Waals surface area contributed by atoms with Crippen molar-refractivity contribution in [2.75, 3.05) is 20.3 Å². The maximum Gasteiger partial charge on any atom is 0.127 e. The zero-order valence-electron chi connectivity index (χ0n) is 12.2. The minimum absolute atomic E-state index is 0.00525. The minimum atomic E-state index is -0.276. The van der Waals surface area contributed by atoms with Gasteiger partial charge in [0.25, 0.3) is 0 Å². The molecule has 1 N–H and O–H groups in total. The summed E-state index contributed by atoms with van der Waals surface area (Å²) >= 11 is 0. The molecular formula is C15H24FNO2. The summed E-state index contributed by atoms with van der Waals surface area (Å²) in [4.78, 5) is 0. The van der Waals surface area contributed by atoms with E-state index in [0.29, 0.717) is 12.4 Å². The van der Waals surface area contributed by atoms with Crippen molar-refractivity contribution in [3.63, 3.8) is 0 Å². The van der Waals surface area contributed by atoms with Gasteiger partial charge in [0.05, 0.1) is 6.10 Å². The fraction of sp³-hybridized carbons (Fsp3) is 0.600. The third kappa shape index (κ3) is 5.17. The first-order valence-electron chi connectivity index (χ1n) is 6.76. The number of ether oxygens (including phenoxy) is 2. The highest BCUT2D eigenvalue weighted by molar-refractivity contribution is 5.36. The topological polar surface area (TPSA) is 30.5 Å². The number of halogens is 1. The first kappa shape index (κ1) is 15.9. The quantitative estimate of drug-likeness (QED) is 0.785. The van der Waals surface area contributed by atoms with Gasteiger partial charge in [-0.15, -0.1) is 0 Å². The van der Waals surface area contributed by atoms with Gasteiger partial charge in [-0.05, 0) is 26.5 Å². The van der Waals surface area contributed by atoms with Crippen molar-refractivity contribution >= 4 is 0 Å². The van der Waals surface area contributed by atoms with Crippen LogP contribution in [0.4, 0.5) is 4.39 Å².